The van der Waals surface area contributed by atoms with Crippen LogP contribution in [0.15, 0.2) is 29.3 Å². The maximum absolute atomic E-state index is 13.7. The Kier molecular flexibility index (Phi) is 2.69. The molecule has 1 aliphatic heterocycles. The van der Waals surface area contributed by atoms with E-state index in [1.54, 1.807) is 0 Å². The average Bonchev–Trinajstić information content (AvgIpc) is 2.64. The number of carbonyl (C=O) groups excluding carboxylic acids is 2. The summed E-state index contributed by atoms with van der Waals surface area (Å²) in [5.41, 5.74) is 0.797. The molecule has 0 N–H and O–H groups in total. The summed E-state index contributed by atoms with van der Waals surface area (Å²) in [6.07, 6.45) is 2.83. The SMILES string of the molecule is O=C1C2=C(CCCC2)C(=O)N1c1ccc(F)cc1F. The van der Waals surface area contributed by atoms with Crippen molar-refractivity contribution in [2.24, 2.45) is 0 Å². The molecule has 0 saturated carbocycles. The highest BCUT2D eigenvalue weighted by Crippen LogP contribution is 2.36. The van der Waals surface area contributed by atoms with E-state index in [4.69, 9.17) is 0 Å². The molecule has 0 fully saturated rings. The molecule has 0 unspecified atom stereocenters. The molecule has 2 amide bonds. The Morgan fingerprint density at radius 3 is 2.05 bits per heavy atom. The molecule has 1 aromatic carbocycles. The second-order valence-corrected chi connectivity index (χ2v) is 4.71. The first-order valence-corrected chi connectivity index (χ1v) is 6.15. The zero-order chi connectivity index (χ0) is 13.6. The third-order valence-corrected chi connectivity index (χ3v) is 3.54. The number of rotatable bonds is 1. The summed E-state index contributed by atoms with van der Waals surface area (Å²) < 4.78 is 26.6. The highest BCUT2D eigenvalue weighted by molar-refractivity contribution is 6.33. The van der Waals surface area contributed by atoms with Crippen molar-refractivity contribution in [2.45, 2.75) is 25.7 Å². The molecule has 19 heavy (non-hydrogen) atoms. The van der Waals surface area contributed by atoms with Gasteiger partial charge in [0.05, 0.1) is 5.69 Å². The number of carbonyl (C=O) groups is 2. The second-order valence-electron chi connectivity index (χ2n) is 4.71. The van der Waals surface area contributed by atoms with Crippen LogP contribution in [0.4, 0.5) is 14.5 Å². The van der Waals surface area contributed by atoms with Gasteiger partial charge in [-0.05, 0) is 37.8 Å². The number of nitrogens with zero attached hydrogens (tertiary/aromatic N) is 1. The fourth-order valence-electron chi connectivity index (χ4n) is 2.62. The third kappa shape index (κ3) is 1.77. The van der Waals surface area contributed by atoms with E-state index in [0.717, 1.165) is 29.9 Å². The van der Waals surface area contributed by atoms with Crippen LogP contribution >= 0.6 is 0 Å². The topological polar surface area (TPSA) is 37.4 Å². The molecular formula is C14H11F2NO2. The molecular weight excluding hydrogens is 252 g/mol. The molecule has 0 bridgehead atoms. The predicted octanol–water partition coefficient (Wildman–Crippen LogP) is 2.71. The van der Waals surface area contributed by atoms with Crippen molar-refractivity contribution >= 4 is 17.5 Å². The molecule has 98 valence electrons. The van der Waals surface area contributed by atoms with E-state index in [-0.39, 0.29) is 5.69 Å². The molecule has 0 saturated heterocycles. The number of hydrogen-bond acceptors (Lipinski definition) is 2. The highest BCUT2D eigenvalue weighted by Gasteiger charge is 2.40. The van der Waals surface area contributed by atoms with E-state index in [0.29, 0.717) is 30.1 Å². The van der Waals surface area contributed by atoms with E-state index in [1.807, 2.05) is 0 Å². The van der Waals surface area contributed by atoms with Gasteiger partial charge in [-0.15, -0.1) is 0 Å². The fraction of sp³-hybridized carbons (Fsp3) is 0.286. The van der Waals surface area contributed by atoms with Crippen molar-refractivity contribution in [1.82, 2.24) is 0 Å². The lowest BCUT2D eigenvalue weighted by atomic mass is 9.93. The largest absolute Gasteiger partial charge is 0.269 e. The minimum Gasteiger partial charge on any atom is -0.269 e. The van der Waals surface area contributed by atoms with Gasteiger partial charge in [0.15, 0.2) is 0 Å². The van der Waals surface area contributed by atoms with Crippen LogP contribution in [0.3, 0.4) is 0 Å². The van der Waals surface area contributed by atoms with Crippen LogP contribution < -0.4 is 4.90 Å². The van der Waals surface area contributed by atoms with Crippen molar-refractivity contribution in [3.05, 3.63) is 41.0 Å². The van der Waals surface area contributed by atoms with E-state index >= 15 is 0 Å². The van der Waals surface area contributed by atoms with Crippen molar-refractivity contribution in [1.29, 1.82) is 0 Å². The lowest BCUT2D eigenvalue weighted by molar-refractivity contribution is -0.120. The van der Waals surface area contributed by atoms with Crippen molar-refractivity contribution in [2.75, 3.05) is 4.90 Å². The predicted molar refractivity (Wildman–Crippen MR) is 64.3 cm³/mol. The summed E-state index contributed by atoms with van der Waals surface area (Å²) in [5, 5.41) is 0. The van der Waals surface area contributed by atoms with Crippen LogP contribution in [0.2, 0.25) is 0 Å². The number of anilines is 1. The van der Waals surface area contributed by atoms with E-state index < -0.39 is 23.4 Å². The normalized spacial score (nSPS) is 19.2. The Morgan fingerprint density at radius 2 is 1.53 bits per heavy atom. The van der Waals surface area contributed by atoms with Gasteiger partial charge in [-0.3, -0.25) is 9.59 Å². The van der Waals surface area contributed by atoms with Crippen molar-refractivity contribution in [3.8, 4) is 0 Å². The van der Waals surface area contributed by atoms with Gasteiger partial charge in [0.25, 0.3) is 11.8 Å². The van der Waals surface area contributed by atoms with Crippen LogP contribution in [-0.2, 0) is 9.59 Å². The zero-order valence-corrected chi connectivity index (χ0v) is 10.1. The summed E-state index contributed by atoms with van der Waals surface area (Å²) in [4.78, 5) is 25.2. The fourth-order valence-corrected chi connectivity index (χ4v) is 2.62. The molecule has 0 aromatic heterocycles. The van der Waals surface area contributed by atoms with Crippen molar-refractivity contribution < 1.29 is 18.4 Å². The van der Waals surface area contributed by atoms with Gasteiger partial charge in [0, 0.05) is 17.2 Å². The van der Waals surface area contributed by atoms with Gasteiger partial charge < -0.3 is 0 Å². The third-order valence-electron chi connectivity index (χ3n) is 3.54. The molecule has 2 aliphatic rings. The summed E-state index contributed by atoms with van der Waals surface area (Å²) >= 11 is 0. The van der Waals surface area contributed by atoms with Crippen LogP contribution in [0, 0.1) is 11.6 Å². The summed E-state index contributed by atoms with van der Waals surface area (Å²) in [6.45, 7) is 0. The quantitative estimate of drug-likeness (QED) is 0.730. The number of imide groups is 1. The molecule has 3 nitrogen and oxygen atoms in total. The maximum atomic E-state index is 13.7. The lowest BCUT2D eigenvalue weighted by Gasteiger charge is -2.15. The Morgan fingerprint density at radius 1 is 0.947 bits per heavy atom. The minimum atomic E-state index is -0.901. The lowest BCUT2D eigenvalue weighted by Crippen LogP contribution is -2.32. The zero-order valence-electron chi connectivity index (χ0n) is 10.1. The molecule has 1 aliphatic carbocycles. The maximum Gasteiger partial charge on any atom is 0.261 e. The number of hydrogen-bond donors (Lipinski definition) is 0. The first-order valence-electron chi connectivity index (χ1n) is 6.15. The number of benzene rings is 1. The van der Waals surface area contributed by atoms with Crippen LogP contribution in [0.1, 0.15) is 25.7 Å². The molecule has 0 radical (unpaired) electrons. The van der Waals surface area contributed by atoms with Gasteiger partial charge in [-0.1, -0.05) is 0 Å². The Bertz CT molecular complexity index is 594. The van der Waals surface area contributed by atoms with E-state index in [9.17, 15) is 18.4 Å². The van der Waals surface area contributed by atoms with Gasteiger partial charge >= 0.3 is 0 Å². The van der Waals surface area contributed by atoms with E-state index in [2.05, 4.69) is 0 Å². The van der Waals surface area contributed by atoms with Crippen molar-refractivity contribution in [3.63, 3.8) is 0 Å². The Balaban J connectivity index is 2.04. The second kappa shape index (κ2) is 4.26. The van der Waals surface area contributed by atoms with Gasteiger partial charge in [-0.2, -0.15) is 0 Å². The summed E-state index contributed by atoms with van der Waals surface area (Å²) in [5.74, 6) is -2.57. The highest BCUT2D eigenvalue weighted by atomic mass is 19.1. The first kappa shape index (κ1) is 12.0. The molecule has 1 aromatic rings. The molecule has 1 heterocycles. The summed E-state index contributed by atoms with van der Waals surface area (Å²) in [6, 6.07) is 2.84. The number of halogens is 2. The van der Waals surface area contributed by atoms with Gasteiger partial charge in [-0.25, -0.2) is 13.7 Å². The Labute approximate surface area is 108 Å². The minimum absolute atomic E-state index is 0.175. The van der Waals surface area contributed by atoms with Gasteiger partial charge in [0.1, 0.15) is 11.6 Å². The molecule has 0 atom stereocenters. The summed E-state index contributed by atoms with van der Waals surface area (Å²) in [7, 11) is 0. The molecule has 5 heteroatoms. The molecule has 3 rings (SSSR count). The monoisotopic (exact) mass is 263 g/mol. The first-order chi connectivity index (χ1) is 9.09. The van der Waals surface area contributed by atoms with E-state index in [1.165, 1.54) is 0 Å². The average molecular weight is 263 g/mol. The Hall–Kier alpha value is -2.04. The standard InChI is InChI=1S/C14H11F2NO2/c15-8-5-6-12(11(16)7-8)17-13(18)9-3-1-2-4-10(9)14(17)19/h5-7H,1-4H2. The number of amides is 2. The smallest absolute Gasteiger partial charge is 0.261 e. The van der Waals surface area contributed by atoms with Crippen LogP contribution in [-0.4, -0.2) is 11.8 Å². The van der Waals surface area contributed by atoms with Gasteiger partial charge in [0.2, 0.25) is 0 Å². The molecule has 0 spiro atoms. The van der Waals surface area contributed by atoms with Crippen LogP contribution in [0.5, 0.6) is 0 Å². The van der Waals surface area contributed by atoms with Crippen LogP contribution in [0.25, 0.3) is 0 Å².